The second-order valence-corrected chi connectivity index (χ2v) is 6.13. The summed E-state index contributed by atoms with van der Waals surface area (Å²) in [6, 6.07) is 16.7. The highest BCUT2D eigenvalue weighted by Gasteiger charge is 2.14. The zero-order chi connectivity index (χ0) is 17.1. The van der Waals surface area contributed by atoms with E-state index in [1.54, 1.807) is 18.3 Å². The van der Waals surface area contributed by atoms with Crippen molar-refractivity contribution in [1.29, 1.82) is 0 Å². The van der Waals surface area contributed by atoms with E-state index in [-0.39, 0.29) is 10.6 Å². The first-order valence-electron chi connectivity index (χ1n) is 7.35. The molecule has 0 unspecified atom stereocenters. The van der Waals surface area contributed by atoms with Crippen LogP contribution in [-0.4, -0.2) is 16.8 Å². The molecule has 122 valence electrons. The average Bonchev–Trinajstić information content (AvgIpc) is 2.60. The Labute approximate surface area is 149 Å². The molecular formula is C18H15Cl2N3O. The first-order valence-corrected chi connectivity index (χ1v) is 8.11. The van der Waals surface area contributed by atoms with E-state index in [0.29, 0.717) is 22.9 Å². The topological polar surface area (TPSA) is 38.1 Å². The number of anilines is 1. The van der Waals surface area contributed by atoms with Crippen LogP contribution in [-0.2, 0) is 6.54 Å². The van der Waals surface area contributed by atoms with Gasteiger partial charge in [0.05, 0.1) is 17.6 Å². The van der Waals surface area contributed by atoms with E-state index in [2.05, 4.69) is 5.10 Å². The fourth-order valence-corrected chi connectivity index (χ4v) is 2.88. The summed E-state index contributed by atoms with van der Waals surface area (Å²) in [4.78, 5) is 14.4. The lowest BCUT2D eigenvalue weighted by molar-refractivity contribution is 0.795. The van der Waals surface area contributed by atoms with Crippen LogP contribution >= 0.6 is 23.2 Å². The van der Waals surface area contributed by atoms with Crippen molar-refractivity contribution in [3.05, 3.63) is 86.8 Å². The largest absolute Gasteiger partial charge is 0.368 e. The van der Waals surface area contributed by atoms with Gasteiger partial charge < -0.3 is 4.90 Å². The Hall–Kier alpha value is -2.30. The summed E-state index contributed by atoms with van der Waals surface area (Å²) in [5.74, 6) is 0. The predicted molar refractivity (Wildman–Crippen MR) is 98.4 cm³/mol. The molecule has 0 fully saturated rings. The number of hydrogen-bond acceptors (Lipinski definition) is 3. The second kappa shape index (κ2) is 7.07. The van der Waals surface area contributed by atoms with Gasteiger partial charge in [0, 0.05) is 18.6 Å². The molecule has 1 aromatic heterocycles. The van der Waals surface area contributed by atoms with Crippen molar-refractivity contribution in [1.82, 2.24) is 9.78 Å². The molecule has 0 atom stereocenters. The monoisotopic (exact) mass is 359 g/mol. The van der Waals surface area contributed by atoms with E-state index < -0.39 is 0 Å². The van der Waals surface area contributed by atoms with Crippen LogP contribution in [0.1, 0.15) is 5.56 Å². The number of aromatic nitrogens is 2. The summed E-state index contributed by atoms with van der Waals surface area (Å²) in [6.07, 6.45) is 1.59. The second-order valence-electron chi connectivity index (χ2n) is 5.34. The van der Waals surface area contributed by atoms with Crippen LogP contribution in [0.2, 0.25) is 10.0 Å². The van der Waals surface area contributed by atoms with Crippen LogP contribution in [0.4, 0.5) is 5.69 Å². The summed E-state index contributed by atoms with van der Waals surface area (Å²) in [6.45, 7) is 0.524. The zero-order valence-corrected chi connectivity index (χ0v) is 14.5. The maximum atomic E-state index is 12.5. The summed E-state index contributed by atoms with van der Waals surface area (Å²) in [5, 5.41) is 5.04. The molecule has 0 saturated carbocycles. The van der Waals surface area contributed by atoms with E-state index in [0.717, 1.165) is 5.56 Å². The molecule has 0 spiro atoms. The summed E-state index contributed by atoms with van der Waals surface area (Å²) in [5.41, 5.74) is 1.83. The lowest BCUT2D eigenvalue weighted by Crippen LogP contribution is -2.26. The Morgan fingerprint density at radius 3 is 2.42 bits per heavy atom. The number of halogens is 2. The third-order valence-corrected chi connectivity index (χ3v) is 4.40. The van der Waals surface area contributed by atoms with Crippen LogP contribution in [0, 0.1) is 0 Å². The van der Waals surface area contributed by atoms with E-state index in [4.69, 9.17) is 23.2 Å². The van der Waals surface area contributed by atoms with Gasteiger partial charge in [-0.15, -0.1) is 0 Å². The minimum Gasteiger partial charge on any atom is -0.368 e. The van der Waals surface area contributed by atoms with Gasteiger partial charge in [0.15, 0.2) is 0 Å². The molecule has 2 aromatic carbocycles. The van der Waals surface area contributed by atoms with Gasteiger partial charge in [-0.2, -0.15) is 9.78 Å². The Morgan fingerprint density at radius 1 is 1.04 bits per heavy atom. The molecule has 0 aliphatic carbocycles. The molecule has 0 radical (unpaired) electrons. The van der Waals surface area contributed by atoms with Crippen LogP contribution < -0.4 is 10.5 Å². The molecule has 0 aliphatic heterocycles. The Kier molecular flexibility index (Phi) is 4.88. The minimum absolute atomic E-state index is 0.128. The first-order chi connectivity index (χ1) is 11.6. The Bertz CT molecular complexity index is 910. The smallest absolute Gasteiger partial charge is 0.292 e. The van der Waals surface area contributed by atoms with Crippen molar-refractivity contribution in [3.8, 4) is 5.69 Å². The highest BCUT2D eigenvalue weighted by atomic mass is 35.5. The predicted octanol–water partition coefficient (Wildman–Crippen LogP) is 4.18. The molecule has 0 saturated heterocycles. The molecule has 24 heavy (non-hydrogen) atoms. The highest BCUT2D eigenvalue weighted by molar-refractivity contribution is 6.33. The lowest BCUT2D eigenvalue weighted by Gasteiger charge is -2.21. The van der Waals surface area contributed by atoms with Gasteiger partial charge in [-0.25, -0.2) is 0 Å². The van der Waals surface area contributed by atoms with Gasteiger partial charge in [0.2, 0.25) is 0 Å². The van der Waals surface area contributed by atoms with Crippen molar-refractivity contribution in [2.75, 3.05) is 11.9 Å². The van der Waals surface area contributed by atoms with Crippen LogP contribution in [0.25, 0.3) is 5.69 Å². The fraction of sp³-hybridized carbons (Fsp3) is 0.111. The lowest BCUT2D eigenvalue weighted by atomic mass is 10.2. The van der Waals surface area contributed by atoms with Crippen molar-refractivity contribution in [2.45, 2.75) is 6.54 Å². The third-order valence-electron chi connectivity index (χ3n) is 3.68. The SMILES string of the molecule is CN(Cc1ccccc1Cl)c1cnn(-c2ccccc2)c(=O)c1Cl. The Morgan fingerprint density at radius 2 is 1.71 bits per heavy atom. The normalized spacial score (nSPS) is 10.6. The summed E-state index contributed by atoms with van der Waals surface area (Å²) >= 11 is 12.5. The first kappa shape index (κ1) is 16.6. The zero-order valence-electron chi connectivity index (χ0n) is 13.0. The third kappa shape index (κ3) is 3.30. The number of para-hydroxylation sites is 1. The number of benzene rings is 2. The highest BCUT2D eigenvalue weighted by Crippen LogP contribution is 2.24. The van der Waals surface area contributed by atoms with Gasteiger partial charge in [-0.05, 0) is 23.8 Å². The molecule has 3 aromatic rings. The maximum Gasteiger partial charge on any atom is 0.292 e. The quantitative estimate of drug-likeness (QED) is 0.701. The molecule has 0 N–H and O–H groups in total. The minimum atomic E-state index is -0.355. The molecule has 0 amide bonds. The van der Waals surface area contributed by atoms with Gasteiger partial charge >= 0.3 is 0 Å². The molecule has 0 bridgehead atoms. The molecule has 4 nitrogen and oxygen atoms in total. The summed E-state index contributed by atoms with van der Waals surface area (Å²) < 4.78 is 1.29. The number of rotatable bonds is 4. The van der Waals surface area contributed by atoms with Crippen molar-refractivity contribution < 1.29 is 0 Å². The fourth-order valence-electron chi connectivity index (χ4n) is 2.41. The molecule has 1 heterocycles. The van der Waals surface area contributed by atoms with Crippen LogP contribution in [0.15, 0.2) is 65.6 Å². The van der Waals surface area contributed by atoms with Gasteiger partial charge in [0.25, 0.3) is 5.56 Å². The molecule has 6 heteroatoms. The molecular weight excluding hydrogens is 345 g/mol. The molecule has 0 aliphatic rings. The van der Waals surface area contributed by atoms with Crippen LogP contribution in [0.5, 0.6) is 0 Å². The van der Waals surface area contributed by atoms with Crippen LogP contribution in [0.3, 0.4) is 0 Å². The van der Waals surface area contributed by atoms with E-state index >= 15 is 0 Å². The van der Waals surface area contributed by atoms with Gasteiger partial charge in [0.1, 0.15) is 5.02 Å². The van der Waals surface area contributed by atoms with Crippen molar-refractivity contribution in [2.24, 2.45) is 0 Å². The van der Waals surface area contributed by atoms with E-state index in [1.165, 1.54) is 4.68 Å². The van der Waals surface area contributed by atoms with E-state index in [9.17, 15) is 4.79 Å². The summed E-state index contributed by atoms with van der Waals surface area (Å²) in [7, 11) is 1.85. The average molecular weight is 360 g/mol. The number of hydrogen-bond donors (Lipinski definition) is 0. The van der Waals surface area contributed by atoms with Gasteiger partial charge in [-0.1, -0.05) is 59.6 Å². The Balaban J connectivity index is 1.94. The van der Waals surface area contributed by atoms with E-state index in [1.807, 2.05) is 54.4 Å². The standard InChI is InChI=1S/C18H15Cl2N3O/c1-22(12-13-7-5-6-10-15(13)19)16-11-21-23(18(24)17(16)20)14-8-3-2-4-9-14/h2-11H,12H2,1H3. The van der Waals surface area contributed by atoms with Gasteiger partial charge in [-0.3, -0.25) is 4.79 Å². The molecule has 3 rings (SSSR count). The maximum absolute atomic E-state index is 12.5. The van der Waals surface area contributed by atoms with Crippen molar-refractivity contribution >= 4 is 28.9 Å². The number of nitrogens with zero attached hydrogens (tertiary/aromatic N) is 3. The van der Waals surface area contributed by atoms with Crippen molar-refractivity contribution in [3.63, 3.8) is 0 Å².